The summed E-state index contributed by atoms with van der Waals surface area (Å²) < 4.78 is 41.5. The Kier molecular flexibility index (Phi) is 3.93. The van der Waals surface area contributed by atoms with Gasteiger partial charge < -0.3 is 10.5 Å². The summed E-state index contributed by atoms with van der Waals surface area (Å²) in [5.74, 6) is -0.867. The number of hydrogen-bond donors (Lipinski definition) is 1. The third kappa shape index (κ3) is 3.61. The van der Waals surface area contributed by atoms with Crippen molar-refractivity contribution in [3.05, 3.63) is 23.4 Å². The molecule has 7 heteroatoms. The van der Waals surface area contributed by atoms with Crippen molar-refractivity contribution in [2.75, 3.05) is 12.3 Å². The van der Waals surface area contributed by atoms with Crippen molar-refractivity contribution in [2.45, 2.75) is 19.5 Å². The molecular formula is C10H11F3N2O2. The molecule has 17 heavy (non-hydrogen) atoms. The fourth-order valence-electron chi connectivity index (χ4n) is 1.18. The summed E-state index contributed by atoms with van der Waals surface area (Å²) in [5, 5.41) is 0. The van der Waals surface area contributed by atoms with Gasteiger partial charge in [0.2, 0.25) is 0 Å². The predicted molar refractivity (Wildman–Crippen MR) is 54.0 cm³/mol. The maximum atomic E-state index is 12.3. The number of nitrogens with zero attached hydrogens (tertiary/aromatic N) is 1. The minimum Gasteiger partial charge on any atom is -0.466 e. The highest BCUT2D eigenvalue weighted by molar-refractivity contribution is 5.74. The molecule has 0 aromatic carbocycles. The monoisotopic (exact) mass is 248 g/mol. The van der Waals surface area contributed by atoms with Crippen LogP contribution in [0.15, 0.2) is 12.1 Å². The van der Waals surface area contributed by atoms with Crippen LogP contribution in [-0.4, -0.2) is 17.6 Å². The lowest BCUT2D eigenvalue weighted by Crippen LogP contribution is -2.13. The minimum atomic E-state index is -4.55. The Hall–Kier alpha value is -1.79. The van der Waals surface area contributed by atoms with E-state index in [9.17, 15) is 18.0 Å². The van der Waals surface area contributed by atoms with Gasteiger partial charge in [0.15, 0.2) is 0 Å². The molecular weight excluding hydrogens is 237 g/mol. The smallest absolute Gasteiger partial charge is 0.433 e. The topological polar surface area (TPSA) is 65.2 Å². The Morgan fingerprint density at radius 2 is 2.12 bits per heavy atom. The lowest BCUT2D eigenvalue weighted by Gasteiger charge is -2.09. The van der Waals surface area contributed by atoms with Gasteiger partial charge in [-0.15, -0.1) is 0 Å². The summed E-state index contributed by atoms with van der Waals surface area (Å²) in [6, 6.07) is 1.91. The number of halogens is 3. The van der Waals surface area contributed by atoms with E-state index < -0.39 is 17.8 Å². The van der Waals surface area contributed by atoms with Crippen LogP contribution < -0.4 is 5.73 Å². The van der Waals surface area contributed by atoms with E-state index in [2.05, 4.69) is 9.72 Å². The summed E-state index contributed by atoms with van der Waals surface area (Å²) in [6.45, 7) is 1.83. The first-order chi connectivity index (χ1) is 7.84. The number of nitrogen functional groups attached to an aromatic ring is 1. The highest BCUT2D eigenvalue weighted by atomic mass is 19.4. The SMILES string of the molecule is CCOC(=O)Cc1ccc(C(F)(F)F)nc1N. The molecule has 0 bridgehead atoms. The average molecular weight is 248 g/mol. The number of ether oxygens (including phenoxy) is 1. The molecule has 0 aliphatic heterocycles. The van der Waals surface area contributed by atoms with Crippen LogP contribution >= 0.6 is 0 Å². The summed E-state index contributed by atoms with van der Waals surface area (Å²) in [7, 11) is 0. The van der Waals surface area contributed by atoms with Crippen LogP contribution in [0.1, 0.15) is 18.2 Å². The van der Waals surface area contributed by atoms with Crippen LogP contribution in [0.2, 0.25) is 0 Å². The quantitative estimate of drug-likeness (QED) is 0.828. The van der Waals surface area contributed by atoms with Crippen LogP contribution in [0.4, 0.5) is 19.0 Å². The first-order valence-electron chi connectivity index (χ1n) is 4.82. The number of nitrogens with two attached hydrogens (primary N) is 1. The Morgan fingerprint density at radius 3 is 2.59 bits per heavy atom. The van der Waals surface area contributed by atoms with Gasteiger partial charge in [-0.05, 0) is 13.0 Å². The lowest BCUT2D eigenvalue weighted by atomic mass is 10.1. The van der Waals surface area contributed by atoms with Crippen LogP contribution in [-0.2, 0) is 22.1 Å². The molecule has 0 amide bonds. The first kappa shape index (κ1) is 13.3. The van der Waals surface area contributed by atoms with Crippen molar-refractivity contribution >= 4 is 11.8 Å². The van der Waals surface area contributed by atoms with Gasteiger partial charge in [-0.1, -0.05) is 6.07 Å². The fourth-order valence-corrected chi connectivity index (χ4v) is 1.18. The maximum Gasteiger partial charge on any atom is 0.433 e. The van der Waals surface area contributed by atoms with Crippen molar-refractivity contribution in [1.82, 2.24) is 4.98 Å². The molecule has 1 aromatic rings. The van der Waals surface area contributed by atoms with E-state index >= 15 is 0 Å². The van der Waals surface area contributed by atoms with E-state index in [1.165, 1.54) is 0 Å². The third-order valence-electron chi connectivity index (χ3n) is 1.94. The molecule has 0 aliphatic rings. The molecule has 0 radical (unpaired) electrons. The second-order valence-electron chi connectivity index (χ2n) is 3.22. The largest absolute Gasteiger partial charge is 0.466 e. The second-order valence-corrected chi connectivity index (χ2v) is 3.22. The molecule has 2 N–H and O–H groups in total. The first-order valence-corrected chi connectivity index (χ1v) is 4.82. The summed E-state index contributed by atoms with van der Waals surface area (Å²) >= 11 is 0. The van der Waals surface area contributed by atoms with Crippen molar-refractivity contribution in [3.63, 3.8) is 0 Å². The van der Waals surface area contributed by atoms with E-state index in [-0.39, 0.29) is 24.4 Å². The molecule has 0 spiro atoms. The van der Waals surface area contributed by atoms with E-state index in [4.69, 9.17) is 5.73 Å². The van der Waals surface area contributed by atoms with Crippen molar-refractivity contribution in [1.29, 1.82) is 0 Å². The maximum absolute atomic E-state index is 12.3. The Bertz CT molecular complexity index is 419. The molecule has 94 valence electrons. The lowest BCUT2D eigenvalue weighted by molar-refractivity contribution is -0.142. The zero-order valence-electron chi connectivity index (χ0n) is 9.04. The number of rotatable bonds is 3. The molecule has 0 fully saturated rings. The molecule has 0 aliphatic carbocycles. The van der Waals surface area contributed by atoms with Gasteiger partial charge >= 0.3 is 12.1 Å². The van der Waals surface area contributed by atoms with Crippen LogP contribution in [0.3, 0.4) is 0 Å². The Labute approximate surface area is 95.6 Å². The summed E-state index contributed by atoms with van der Waals surface area (Å²) in [5.41, 5.74) is 4.48. The van der Waals surface area contributed by atoms with Crippen molar-refractivity contribution < 1.29 is 22.7 Å². The number of carbonyl (C=O) groups excluding carboxylic acids is 1. The van der Waals surface area contributed by atoms with Gasteiger partial charge in [0, 0.05) is 5.56 Å². The Morgan fingerprint density at radius 1 is 1.47 bits per heavy atom. The number of esters is 1. The third-order valence-corrected chi connectivity index (χ3v) is 1.94. The highest BCUT2D eigenvalue weighted by Gasteiger charge is 2.32. The molecule has 0 saturated heterocycles. The summed E-state index contributed by atoms with van der Waals surface area (Å²) in [4.78, 5) is 14.3. The summed E-state index contributed by atoms with van der Waals surface area (Å²) in [6.07, 6.45) is -4.73. The number of hydrogen-bond acceptors (Lipinski definition) is 4. The molecule has 0 atom stereocenters. The zero-order chi connectivity index (χ0) is 13.1. The molecule has 1 aromatic heterocycles. The standard InChI is InChI=1S/C10H11F3N2O2/c1-2-17-8(16)5-6-3-4-7(10(11,12)13)15-9(6)14/h3-4H,2,5H2,1H3,(H2,14,15). The molecule has 1 heterocycles. The van der Waals surface area contributed by atoms with Crippen LogP contribution in [0.5, 0.6) is 0 Å². The number of alkyl halides is 3. The normalized spacial score (nSPS) is 11.3. The van der Waals surface area contributed by atoms with Gasteiger partial charge in [-0.25, -0.2) is 4.98 Å². The minimum absolute atomic E-state index is 0.190. The predicted octanol–water partition coefficient (Wildman–Crippen LogP) is 1.79. The number of carbonyl (C=O) groups is 1. The van der Waals surface area contributed by atoms with E-state index in [0.29, 0.717) is 0 Å². The molecule has 4 nitrogen and oxygen atoms in total. The molecule has 0 unspecified atom stereocenters. The number of aromatic nitrogens is 1. The van der Waals surface area contributed by atoms with Gasteiger partial charge in [0.1, 0.15) is 11.5 Å². The molecule has 1 rings (SSSR count). The fraction of sp³-hybridized carbons (Fsp3) is 0.400. The van der Waals surface area contributed by atoms with E-state index in [0.717, 1.165) is 12.1 Å². The highest BCUT2D eigenvalue weighted by Crippen LogP contribution is 2.28. The number of pyridine rings is 1. The van der Waals surface area contributed by atoms with Crippen molar-refractivity contribution in [2.24, 2.45) is 0 Å². The van der Waals surface area contributed by atoms with Gasteiger partial charge in [0.25, 0.3) is 0 Å². The van der Waals surface area contributed by atoms with E-state index in [1.54, 1.807) is 6.92 Å². The molecule has 0 saturated carbocycles. The average Bonchev–Trinajstić information content (AvgIpc) is 2.20. The van der Waals surface area contributed by atoms with Crippen LogP contribution in [0, 0.1) is 0 Å². The Balaban J connectivity index is 2.87. The van der Waals surface area contributed by atoms with Crippen molar-refractivity contribution in [3.8, 4) is 0 Å². The number of anilines is 1. The second kappa shape index (κ2) is 5.03. The zero-order valence-corrected chi connectivity index (χ0v) is 9.04. The van der Waals surface area contributed by atoms with Crippen LogP contribution in [0.25, 0.3) is 0 Å². The van der Waals surface area contributed by atoms with E-state index in [1.807, 2.05) is 0 Å². The van der Waals surface area contributed by atoms with Gasteiger partial charge in [0.05, 0.1) is 13.0 Å². The van der Waals surface area contributed by atoms with Gasteiger partial charge in [-0.3, -0.25) is 4.79 Å². The van der Waals surface area contributed by atoms with Gasteiger partial charge in [-0.2, -0.15) is 13.2 Å².